The Morgan fingerprint density at radius 3 is 2.86 bits per heavy atom. The standard InChI is InChI=1S/C16H10BrN3S/c17-11-5-3-4-10(8-11)14-9-21-16(18-14)15-12-6-1-2-7-13(12)19-20-15/h1-9H,(H,19,20). The van der Waals surface area contributed by atoms with Crippen LogP contribution in [0.4, 0.5) is 0 Å². The Hall–Kier alpha value is -1.98. The molecule has 2 heterocycles. The second-order valence-electron chi connectivity index (χ2n) is 4.67. The first kappa shape index (κ1) is 12.7. The maximum Gasteiger partial charge on any atom is 0.145 e. The van der Waals surface area contributed by atoms with E-state index in [0.29, 0.717) is 0 Å². The van der Waals surface area contributed by atoms with Crippen LogP contribution in [0.3, 0.4) is 0 Å². The number of halogens is 1. The molecule has 0 aliphatic rings. The van der Waals surface area contributed by atoms with Crippen molar-refractivity contribution in [3.8, 4) is 22.0 Å². The molecule has 0 atom stereocenters. The van der Waals surface area contributed by atoms with Crippen molar-refractivity contribution in [2.75, 3.05) is 0 Å². The third-order valence-corrected chi connectivity index (χ3v) is 4.64. The van der Waals surface area contributed by atoms with E-state index in [1.807, 2.05) is 30.3 Å². The minimum Gasteiger partial charge on any atom is -0.277 e. The zero-order valence-corrected chi connectivity index (χ0v) is 13.3. The summed E-state index contributed by atoms with van der Waals surface area (Å²) in [5, 5.41) is 11.6. The normalized spacial score (nSPS) is 11.1. The molecule has 0 amide bonds. The lowest BCUT2D eigenvalue weighted by molar-refractivity contribution is 1.12. The molecule has 102 valence electrons. The number of benzene rings is 2. The van der Waals surface area contributed by atoms with E-state index in [2.05, 4.69) is 49.7 Å². The number of thiazole rings is 1. The second kappa shape index (κ2) is 5.09. The molecule has 2 aromatic heterocycles. The van der Waals surface area contributed by atoms with Crippen molar-refractivity contribution in [2.24, 2.45) is 0 Å². The van der Waals surface area contributed by atoms with Crippen LogP contribution in [0, 0.1) is 0 Å². The van der Waals surface area contributed by atoms with Gasteiger partial charge in [0.2, 0.25) is 0 Å². The molecule has 4 aromatic rings. The van der Waals surface area contributed by atoms with Gasteiger partial charge in [0.1, 0.15) is 10.7 Å². The van der Waals surface area contributed by atoms with Crippen molar-refractivity contribution in [1.29, 1.82) is 0 Å². The zero-order valence-electron chi connectivity index (χ0n) is 10.9. The van der Waals surface area contributed by atoms with Crippen molar-refractivity contribution < 1.29 is 0 Å². The van der Waals surface area contributed by atoms with Crippen molar-refractivity contribution in [1.82, 2.24) is 15.2 Å². The topological polar surface area (TPSA) is 41.6 Å². The van der Waals surface area contributed by atoms with Gasteiger partial charge in [-0.1, -0.05) is 46.3 Å². The first-order valence-corrected chi connectivity index (χ1v) is 8.13. The molecule has 21 heavy (non-hydrogen) atoms. The molecule has 0 spiro atoms. The summed E-state index contributed by atoms with van der Waals surface area (Å²) in [5.41, 5.74) is 4.03. The lowest BCUT2D eigenvalue weighted by Crippen LogP contribution is -1.80. The second-order valence-corrected chi connectivity index (χ2v) is 6.44. The fraction of sp³-hybridized carbons (Fsp3) is 0. The van der Waals surface area contributed by atoms with Gasteiger partial charge in [0.25, 0.3) is 0 Å². The third kappa shape index (κ3) is 2.28. The van der Waals surface area contributed by atoms with Crippen LogP contribution in [0.15, 0.2) is 58.4 Å². The zero-order chi connectivity index (χ0) is 14.2. The summed E-state index contributed by atoms with van der Waals surface area (Å²) in [6, 6.07) is 16.3. The van der Waals surface area contributed by atoms with E-state index in [0.717, 1.165) is 37.3 Å². The number of nitrogens with zero attached hydrogens (tertiary/aromatic N) is 2. The quantitative estimate of drug-likeness (QED) is 0.542. The van der Waals surface area contributed by atoms with Crippen molar-refractivity contribution in [3.05, 3.63) is 58.4 Å². The SMILES string of the molecule is Brc1cccc(-c2csc(-c3n[nH]c4ccccc34)n2)c1. The van der Waals surface area contributed by atoms with E-state index in [4.69, 9.17) is 4.98 Å². The first-order chi connectivity index (χ1) is 10.3. The van der Waals surface area contributed by atoms with E-state index < -0.39 is 0 Å². The lowest BCUT2D eigenvalue weighted by Gasteiger charge is -1.96. The molecule has 4 rings (SSSR count). The smallest absolute Gasteiger partial charge is 0.145 e. The predicted octanol–water partition coefficient (Wildman–Crippen LogP) is 5.12. The Morgan fingerprint density at radius 1 is 1.05 bits per heavy atom. The first-order valence-electron chi connectivity index (χ1n) is 6.46. The highest BCUT2D eigenvalue weighted by molar-refractivity contribution is 9.10. The number of nitrogens with one attached hydrogen (secondary N) is 1. The molecular weight excluding hydrogens is 346 g/mol. The maximum atomic E-state index is 4.73. The van der Waals surface area contributed by atoms with Gasteiger partial charge in [-0.25, -0.2) is 4.98 Å². The third-order valence-electron chi connectivity index (χ3n) is 3.30. The molecule has 0 aliphatic heterocycles. The van der Waals surface area contributed by atoms with Gasteiger partial charge >= 0.3 is 0 Å². The Morgan fingerprint density at radius 2 is 1.95 bits per heavy atom. The highest BCUT2D eigenvalue weighted by atomic mass is 79.9. The van der Waals surface area contributed by atoms with Gasteiger partial charge in [0.05, 0.1) is 11.2 Å². The van der Waals surface area contributed by atoms with Crippen molar-refractivity contribution in [3.63, 3.8) is 0 Å². The van der Waals surface area contributed by atoms with Crippen molar-refractivity contribution >= 4 is 38.2 Å². The molecular formula is C16H10BrN3S. The van der Waals surface area contributed by atoms with Crippen LogP contribution in [0.2, 0.25) is 0 Å². The molecule has 2 aromatic carbocycles. The van der Waals surface area contributed by atoms with Crippen molar-refractivity contribution in [2.45, 2.75) is 0 Å². The average molecular weight is 356 g/mol. The van der Waals surface area contributed by atoms with Gasteiger partial charge in [0.15, 0.2) is 0 Å². The van der Waals surface area contributed by atoms with E-state index in [9.17, 15) is 0 Å². The lowest BCUT2D eigenvalue weighted by atomic mass is 10.2. The maximum absolute atomic E-state index is 4.73. The Balaban J connectivity index is 1.81. The number of hydrogen-bond donors (Lipinski definition) is 1. The summed E-state index contributed by atoms with van der Waals surface area (Å²) < 4.78 is 1.06. The average Bonchev–Trinajstić information content (AvgIpc) is 3.14. The molecule has 1 N–H and O–H groups in total. The number of para-hydroxylation sites is 1. The molecule has 0 saturated carbocycles. The summed E-state index contributed by atoms with van der Waals surface area (Å²) in [5.74, 6) is 0. The van der Waals surface area contributed by atoms with E-state index in [1.165, 1.54) is 0 Å². The summed E-state index contributed by atoms with van der Waals surface area (Å²) in [7, 11) is 0. The molecule has 5 heteroatoms. The molecule has 0 saturated heterocycles. The highest BCUT2D eigenvalue weighted by Crippen LogP contribution is 2.32. The van der Waals surface area contributed by atoms with Gasteiger partial charge in [-0.2, -0.15) is 5.10 Å². The summed E-state index contributed by atoms with van der Waals surface area (Å²) in [4.78, 5) is 4.73. The fourth-order valence-electron chi connectivity index (χ4n) is 2.29. The molecule has 0 radical (unpaired) electrons. The van der Waals surface area contributed by atoms with Crippen LogP contribution in [0.5, 0.6) is 0 Å². The Bertz CT molecular complexity index is 926. The number of rotatable bonds is 2. The van der Waals surface area contributed by atoms with Gasteiger partial charge in [-0.15, -0.1) is 11.3 Å². The molecule has 0 bridgehead atoms. The number of hydrogen-bond acceptors (Lipinski definition) is 3. The van der Waals surface area contributed by atoms with E-state index in [-0.39, 0.29) is 0 Å². The fourth-order valence-corrected chi connectivity index (χ4v) is 3.52. The Labute approximate surface area is 133 Å². The number of aromatic amines is 1. The largest absolute Gasteiger partial charge is 0.277 e. The van der Waals surface area contributed by atoms with Gasteiger partial charge in [-0.3, -0.25) is 5.10 Å². The molecule has 3 nitrogen and oxygen atoms in total. The van der Waals surface area contributed by atoms with Gasteiger partial charge in [-0.05, 0) is 18.2 Å². The molecule has 0 fully saturated rings. The van der Waals surface area contributed by atoms with Crippen LogP contribution < -0.4 is 0 Å². The highest BCUT2D eigenvalue weighted by Gasteiger charge is 2.12. The molecule has 0 aliphatic carbocycles. The Kier molecular flexibility index (Phi) is 3.09. The van der Waals surface area contributed by atoms with E-state index in [1.54, 1.807) is 11.3 Å². The number of fused-ring (bicyclic) bond motifs is 1. The number of aromatic nitrogens is 3. The minimum atomic E-state index is 0.914. The van der Waals surface area contributed by atoms with Gasteiger partial charge in [0, 0.05) is 20.8 Å². The van der Waals surface area contributed by atoms with Crippen LogP contribution in [-0.2, 0) is 0 Å². The van der Waals surface area contributed by atoms with Crippen LogP contribution in [0.25, 0.3) is 32.9 Å². The van der Waals surface area contributed by atoms with Crippen LogP contribution in [0.1, 0.15) is 0 Å². The predicted molar refractivity (Wildman–Crippen MR) is 90.3 cm³/mol. The summed E-state index contributed by atoms with van der Waals surface area (Å²) in [6.07, 6.45) is 0. The summed E-state index contributed by atoms with van der Waals surface area (Å²) in [6.45, 7) is 0. The minimum absolute atomic E-state index is 0.914. The van der Waals surface area contributed by atoms with Gasteiger partial charge < -0.3 is 0 Å². The van der Waals surface area contributed by atoms with Crippen LogP contribution in [-0.4, -0.2) is 15.2 Å². The monoisotopic (exact) mass is 355 g/mol. The summed E-state index contributed by atoms with van der Waals surface area (Å²) >= 11 is 5.11. The van der Waals surface area contributed by atoms with E-state index >= 15 is 0 Å². The van der Waals surface area contributed by atoms with Crippen LogP contribution >= 0.6 is 27.3 Å². The molecule has 0 unspecified atom stereocenters. The number of H-pyrrole nitrogens is 1.